The zero-order valence-electron chi connectivity index (χ0n) is 14.7. The molecule has 9 heteroatoms. The second-order valence-corrected chi connectivity index (χ2v) is 7.52. The van der Waals surface area contributed by atoms with E-state index in [1.165, 1.54) is 12.1 Å². The predicted octanol–water partition coefficient (Wildman–Crippen LogP) is 3.10. The molecule has 0 saturated carbocycles. The summed E-state index contributed by atoms with van der Waals surface area (Å²) in [4.78, 5) is 7.29. The van der Waals surface area contributed by atoms with Crippen LogP contribution in [0.25, 0.3) is 0 Å². The molecule has 1 atom stereocenters. The maximum atomic E-state index is 13.0. The minimum Gasteiger partial charge on any atom is -0.384 e. The largest absolute Gasteiger partial charge is 0.396 e. The van der Waals surface area contributed by atoms with Crippen LogP contribution in [-0.2, 0) is 0 Å². The summed E-state index contributed by atoms with van der Waals surface area (Å²) in [5.41, 5.74) is 12.0. The molecule has 1 aliphatic heterocycles. The third kappa shape index (κ3) is 5.06. The van der Waals surface area contributed by atoms with E-state index in [-0.39, 0.29) is 5.56 Å². The Hall–Kier alpha value is -1.97. The molecule has 0 radical (unpaired) electrons. The quantitative estimate of drug-likeness (QED) is 0.756. The average molecular weight is 397 g/mol. The lowest BCUT2D eigenvalue weighted by Crippen LogP contribution is -2.43. The highest BCUT2D eigenvalue weighted by Crippen LogP contribution is 2.35. The second kappa shape index (κ2) is 8.37. The zero-order valence-corrected chi connectivity index (χ0v) is 15.5. The van der Waals surface area contributed by atoms with E-state index in [1.54, 1.807) is 36.3 Å². The van der Waals surface area contributed by atoms with Crippen molar-refractivity contribution in [2.45, 2.75) is 17.0 Å². The lowest BCUT2D eigenvalue weighted by Gasteiger charge is -2.35. The molecule has 2 heterocycles. The van der Waals surface area contributed by atoms with Crippen LogP contribution in [0, 0.1) is 0 Å². The Morgan fingerprint density at radius 1 is 1.04 bits per heavy atom. The molecular weight excluding hydrogens is 375 g/mol. The Bertz CT molecular complexity index is 728. The highest BCUT2D eigenvalue weighted by atomic mass is 32.2. The number of nitrogens with zero attached hydrogens (tertiary/aromatic N) is 3. The fourth-order valence-corrected chi connectivity index (χ4v) is 3.88. The van der Waals surface area contributed by atoms with E-state index < -0.39 is 18.6 Å². The van der Waals surface area contributed by atoms with E-state index in [9.17, 15) is 13.2 Å². The van der Waals surface area contributed by atoms with Gasteiger partial charge in [0, 0.05) is 49.5 Å². The van der Waals surface area contributed by atoms with Crippen LogP contribution in [-0.4, -0.2) is 48.2 Å². The van der Waals surface area contributed by atoms with E-state index >= 15 is 0 Å². The summed E-state index contributed by atoms with van der Waals surface area (Å²) in [7, 11) is 0. The molecule has 1 unspecified atom stereocenters. The predicted molar refractivity (Wildman–Crippen MR) is 103 cm³/mol. The first-order chi connectivity index (χ1) is 12.9. The number of halogens is 3. The number of rotatable bonds is 5. The lowest BCUT2D eigenvalue weighted by molar-refractivity contribution is -0.148. The van der Waals surface area contributed by atoms with Gasteiger partial charge in [-0.1, -0.05) is 12.1 Å². The number of pyridine rings is 1. The number of nitrogens with two attached hydrogens (primary N) is 2. The number of hydrogen-bond acceptors (Lipinski definition) is 6. The van der Waals surface area contributed by atoms with Crippen molar-refractivity contribution >= 4 is 23.5 Å². The van der Waals surface area contributed by atoms with Crippen molar-refractivity contribution in [1.82, 2.24) is 9.29 Å². The summed E-state index contributed by atoms with van der Waals surface area (Å²) in [5, 5.41) is 0. The molecule has 5 nitrogen and oxygen atoms in total. The molecule has 0 aliphatic carbocycles. The van der Waals surface area contributed by atoms with Crippen molar-refractivity contribution in [3.8, 4) is 0 Å². The molecule has 27 heavy (non-hydrogen) atoms. The lowest BCUT2D eigenvalue weighted by atomic mass is 9.98. The number of aromatic nitrogens is 1. The van der Waals surface area contributed by atoms with E-state index in [4.69, 9.17) is 11.5 Å². The van der Waals surface area contributed by atoms with Crippen LogP contribution in [0.1, 0.15) is 11.5 Å². The summed E-state index contributed by atoms with van der Waals surface area (Å²) < 4.78 is 41.2. The van der Waals surface area contributed by atoms with Crippen molar-refractivity contribution in [3.63, 3.8) is 0 Å². The van der Waals surface area contributed by atoms with Gasteiger partial charge in [-0.15, -0.1) is 0 Å². The first kappa shape index (κ1) is 19.8. The minimum atomic E-state index is -4.32. The van der Waals surface area contributed by atoms with Crippen LogP contribution in [0.4, 0.5) is 24.7 Å². The van der Waals surface area contributed by atoms with Gasteiger partial charge in [0.15, 0.2) is 0 Å². The van der Waals surface area contributed by atoms with Crippen molar-refractivity contribution in [1.29, 1.82) is 0 Å². The number of anilines is 2. The van der Waals surface area contributed by atoms with E-state index in [2.05, 4.69) is 14.2 Å². The second-order valence-electron chi connectivity index (χ2n) is 6.35. The topological polar surface area (TPSA) is 71.4 Å². The van der Waals surface area contributed by atoms with Gasteiger partial charge >= 0.3 is 6.18 Å². The Morgan fingerprint density at radius 3 is 2.22 bits per heavy atom. The van der Waals surface area contributed by atoms with Gasteiger partial charge in [0.2, 0.25) is 0 Å². The Balaban J connectivity index is 1.57. The van der Waals surface area contributed by atoms with Gasteiger partial charge in [-0.3, -0.25) is 0 Å². The van der Waals surface area contributed by atoms with Crippen LogP contribution >= 0.6 is 11.9 Å². The summed E-state index contributed by atoms with van der Waals surface area (Å²) in [5.74, 6) is -1.12. The first-order valence-electron chi connectivity index (χ1n) is 8.63. The van der Waals surface area contributed by atoms with Crippen LogP contribution < -0.4 is 16.4 Å². The fraction of sp³-hybridized carbons (Fsp3) is 0.389. The monoisotopic (exact) mass is 397 g/mol. The number of alkyl halides is 3. The molecule has 0 amide bonds. The smallest absolute Gasteiger partial charge is 0.384 e. The Kier molecular flexibility index (Phi) is 6.13. The van der Waals surface area contributed by atoms with Crippen molar-refractivity contribution in [2.24, 2.45) is 5.73 Å². The molecule has 1 aromatic heterocycles. The molecular formula is C18H22F3N5S. The van der Waals surface area contributed by atoms with Crippen molar-refractivity contribution in [2.75, 3.05) is 43.4 Å². The van der Waals surface area contributed by atoms with E-state index in [0.717, 1.165) is 36.8 Å². The molecule has 1 aliphatic rings. The SMILES string of the molecule is NCC(c1ccc(N2CCN(Sc3ccc(N)nc3)CC2)cc1)C(F)(F)F. The first-order valence-corrected chi connectivity index (χ1v) is 9.40. The molecule has 1 saturated heterocycles. The molecule has 146 valence electrons. The third-order valence-corrected chi connectivity index (χ3v) is 5.60. The van der Waals surface area contributed by atoms with Gasteiger partial charge in [0.05, 0.1) is 5.92 Å². The van der Waals surface area contributed by atoms with Gasteiger partial charge in [0.25, 0.3) is 0 Å². The molecule has 1 aromatic carbocycles. The number of piperazine rings is 1. The third-order valence-electron chi connectivity index (χ3n) is 4.52. The molecule has 3 rings (SSSR count). The minimum absolute atomic E-state index is 0.207. The summed E-state index contributed by atoms with van der Waals surface area (Å²) >= 11 is 1.63. The molecule has 1 fully saturated rings. The standard InChI is InChI=1S/C18H22F3N5S/c19-18(20,21)16(11-22)13-1-3-14(4-2-13)25-7-9-26(10-8-25)27-15-5-6-17(23)24-12-15/h1-6,12,16H,7-11,22H2,(H2,23,24). The van der Waals surface area contributed by atoms with Gasteiger partial charge in [-0.25, -0.2) is 9.29 Å². The molecule has 4 N–H and O–H groups in total. The maximum absolute atomic E-state index is 13.0. The zero-order chi connectivity index (χ0) is 19.4. The molecule has 2 aromatic rings. The van der Waals surface area contributed by atoms with Gasteiger partial charge in [0.1, 0.15) is 5.82 Å². The molecule has 0 spiro atoms. The van der Waals surface area contributed by atoms with Crippen LogP contribution in [0.15, 0.2) is 47.5 Å². The molecule has 0 bridgehead atoms. The summed E-state index contributed by atoms with van der Waals surface area (Å²) in [6.07, 6.45) is -2.57. The highest BCUT2D eigenvalue weighted by molar-refractivity contribution is 7.97. The van der Waals surface area contributed by atoms with Gasteiger partial charge in [-0.05, 0) is 41.8 Å². The number of nitrogen functional groups attached to an aromatic ring is 1. The van der Waals surface area contributed by atoms with E-state index in [1.807, 2.05) is 6.07 Å². The van der Waals surface area contributed by atoms with Crippen LogP contribution in [0.3, 0.4) is 0 Å². The summed E-state index contributed by atoms with van der Waals surface area (Å²) in [6.45, 7) is 2.83. The Labute approximate surface area is 160 Å². The fourth-order valence-electron chi connectivity index (χ4n) is 3.01. The number of hydrogen-bond donors (Lipinski definition) is 2. The summed E-state index contributed by atoms with van der Waals surface area (Å²) in [6, 6.07) is 10.3. The maximum Gasteiger partial charge on any atom is 0.396 e. The normalized spacial score (nSPS) is 17.1. The van der Waals surface area contributed by atoms with Gasteiger partial charge in [-0.2, -0.15) is 13.2 Å². The van der Waals surface area contributed by atoms with Crippen LogP contribution in [0.5, 0.6) is 0 Å². The van der Waals surface area contributed by atoms with Gasteiger partial charge < -0.3 is 16.4 Å². The average Bonchev–Trinajstić information content (AvgIpc) is 2.64. The number of benzene rings is 1. The van der Waals surface area contributed by atoms with Crippen LogP contribution in [0.2, 0.25) is 0 Å². The van der Waals surface area contributed by atoms with E-state index in [0.29, 0.717) is 5.82 Å². The van der Waals surface area contributed by atoms with Crippen molar-refractivity contribution in [3.05, 3.63) is 48.2 Å². The Morgan fingerprint density at radius 2 is 1.70 bits per heavy atom. The van der Waals surface area contributed by atoms with Crippen molar-refractivity contribution < 1.29 is 13.2 Å². The highest BCUT2D eigenvalue weighted by Gasteiger charge is 2.39.